The average Bonchev–Trinajstić information content (AvgIpc) is 2.48. The van der Waals surface area contributed by atoms with Crippen molar-refractivity contribution in [2.24, 2.45) is 5.92 Å². The van der Waals surface area contributed by atoms with Crippen LogP contribution in [0.4, 0.5) is 0 Å². The fourth-order valence-electron chi connectivity index (χ4n) is 2.46. The number of thioether (sulfide) groups is 1. The summed E-state index contributed by atoms with van der Waals surface area (Å²) in [5, 5.41) is 0.275. The van der Waals surface area contributed by atoms with Gasteiger partial charge < -0.3 is 0 Å². The molecule has 0 aromatic heterocycles. The zero-order chi connectivity index (χ0) is 13.9. The number of rotatable bonds is 2. The van der Waals surface area contributed by atoms with E-state index in [9.17, 15) is 4.79 Å². The Labute approximate surface area is 123 Å². The van der Waals surface area contributed by atoms with Crippen LogP contribution in [0, 0.1) is 5.92 Å². The maximum absolute atomic E-state index is 12.6. The van der Waals surface area contributed by atoms with E-state index in [1.807, 2.05) is 54.6 Å². The topological polar surface area (TPSA) is 17.1 Å². The first-order chi connectivity index (χ1) is 9.75. The zero-order valence-electron chi connectivity index (χ0n) is 11.3. The van der Waals surface area contributed by atoms with Crippen molar-refractivity contribution < 1.29 is 4.79 Å². The lowest BCUT2D eigenvalue weighted by molar-refractivity contribution is 0.0940. The fraction of sp³-hybridized carbons (Fsp3) is 0.167. The molecule has 1 aliphatic rings. The Kier molecular flexibility index (Phi) is 3.75. The first-order valence-electron chi connectivity index (χ1n) is 6.79. The van der Waals surface area contributed by atoms with Crippen LogP contribution in [0.5, 0.6) is 0 Å². The van der Waals surface area contributed by atoms with Gasteiger partial charge in [-0.05, 0) is 11.6 Å². The van der Waals surface area contributed by atoms with Gasteiger partial charge in [0.1, 0.15) is 0 Å². The summed E-state index contributed by atoms with van der Waals surface area (Å²) in [6.07, 6.45) is 4.10. The molecule has 2 aromatic carbocycles. The monoisotopic (exact) mass is 280 g/mol. The van der Waals surface area contributed by atoms with Crippen molar-refractivity contribution in [2.45, 2.75) is 17.1 Å². The number of hydrogen-bond donors (Lipinski definition) is 0. The third-order valence-corrected chi connectivity index (χ3v) is 4.84. The van der Waals surface area contributed by atoms with Crippen molar-refractivity contribution in [3.05, 3.63) is 71.8 Å². The van der Waals surface area contributed by atoms with Crippen LogP contribution in [-0.2, 0) is 0 Å². The highest BCUT2D eigenvalue weighted by Crippen LogP contribution is 2.38. The van der Waals surface area contributed by atoms with E-state index in [-0.39, 0.29) is 17.0 Å². The minimum absolute atomic E-state index is 0.0462. The maximum atomic E-state index is 12.6. The SMILES string of the molecule is CC1Sc2ccccc2C(=O)C1/C=C/c1ccccc1. The van der Waals surface area contributed by atoms with Crippen LogP contribution >= 0.6 is 11.8 Å². The largest absolute Gasteiger partial charge is 0.293 e. The number of carbonyl (C=O) groups is 1. The molecule has 0 bridgehead atoms. The molecule has 2 unspecified atom stereocenters. The maximum Gasteiger partial charge on any atom is 0.171 e. The lowest BCUT2D eigenvalue weighted by atomic mass is 9.93. The summed E-state index contributed by atoms with van der Waals surface area (Å²) in [7, 11) is 0. The van der Waals surface area contributed by atoms with Crippen LogP contribution in [0.15, 0.2) is 65.6 Å². The second kappa shape index (κ2) is 5.68. The lowest BCUT2D eigenvalue weighted by Gasteiger charge is -2.26. The smallest absolute Gasteiger partial charge is 0.171 e. The number of carbonyl (C=O) groups excluding carboxylic acids is 1. The molecule has 3 rings (SSSR count). The molecule has 0 spiro atoms. The predicted molar refractivity (Wildman–Crippen MR) is 85.1 cm³/mol. The molecule has 1 aliphatic heterocycles. The molecule has 0 radical (unpaired) electrons. The Balaban J connectivity index is 1.88. The van der Waals surface area contributed by atoms with Gasteiger partial charge in [0.05, 0.1) is 5.92 Å². The number of fused-ring (bicyclic) bond motifs is 1. The van der Waals surface area contributed by atoms with Gasteiger partial charge in [0.15, 0.2) is 5.78 Å². The molecule has 0 aliphatic carbocycles. The highest BCUT2D eigenvalue weighted by atomic mass is 32.2. The number of Topliss-reactive ketones (excluding diaryl/α,β-unsaturated/α-hetero) is 1. The first-order valence-corrected chi connectivity index (χ1v) is 7.67. The third-order valence-electron chi connectivity index (χ3n) is 3.57. The molecule has 0 N–H and O–H groups in total. The Morgan fingerprint density at radius 3 is 2.50 bits per heavy atom. The Morgan fingerprint density at radius 1 is 1.00 bits per heavy atom. The van der Waals surface area contributed by atoms with Gasteiger partial charge in [0, 0.05) is 15.7 Å². The van der Waals surface area contributed by atoms with Gasteiger partial charge in [-0.25, -0.2) is 0 Å². The lowest BCUT2D eigenvalue weighted by Crippen LogP contribution is -2.26. The molecule has 1 nitrogen and oxygen atoms in total. The summed E-state index contributed by atoms with van der Waals surface area (Å²) >= 11 is 1.79. The summed E-state index contributed by atoms with van der Waals surface area (Å²) in [6, 6.07) is 18.0. The highest BCUT2D eigenvalue weighted by molar-refractivity contribution is 8.00. The van der Waals surface area contributed by atoms with Crippen molar-refractivity contribution in [1.82, 2.24) is 0 Å². The molecule has 0 fully saturated rings. The van der Waals surface area contributed by atoms with E-state index in [1.165, 1.54) is 0 Å². The van der Waals surface area contributed by atoms with Crippen molar-refractivity contribution in [2.75, 3.05) is 0 Å². The van der Waals surface area contributed by atoms with E-state index >= 15 is 0 Å². The molecule has 0 saturated heterocycles. The number of hydrogen-bond acceptors (Lipinski definition) is 2. The van der Waals surface area contributed by atoms with E-state index in [2.05, 4.69) is 19.1 Å². The molecule has 1 heterocycles. The molecule has 0 saturated carbocycles. The molecule has 100 valence electrons. The number of benzene rings is 2. The first kappa shape index (κ1) is 13.2. The molecule has 2 heteroatoms. The van der Waals surface area contributed by atoms with Crippen molar-refractivity contribution >= 4 is 23.6 Å². The van der Waals surface area contributed by atoms with E-state index in [0.29, 0.717) is 0 Å². The van der Waals surface area contributed by atoms with Crippen molar-refractivity contribution in [1.29, 1.82) is 0 Å². The minimum Gasteiger partial charge on any atom is -0.293 e. The van der Waals surface area contributed by atoms with E-state index in [1.54, 1.807) is 11.8 Å². The van der Waals surface area contributed by atoms with E-state index in [4.69, 9.17) is 0 Å². The second-order valence-corrected chi connectivity index (χ2v) is 6.40. The third kappa shape index (κ3) is 2.56. The highest BCUT2D eigenvalue weighted by Gasteiger charge is 2.31. The van der Waals surface area contributed by atoms with Crippen LogP contribution in [0.3, 0.4) is 0 Å². The summed E-state index contributed by atoms with van der Waals surface area (Å²) < 4.78 is 0. The van der Waals surface area contributed by atoms with Gasteiger partial charge in [-0.15, -0.1) is 11.8 Å². The Bertz CT molecular complexity index is 645. The Hall–Kier alpha value is -1.80. The molecule has 2 aromatic rings. The molecular weight excluding hydrogens is 264 g/mol. The quantitative estimate of drug-likeness (QED) is 0.793. The molecule has 20 heavy (non-hydrogen) atoms. The van der Waals surface area contributed by atoms with Crippen LogP contribution < -0.4 is 0 Å². The van der Waals surface area contributed by atoms with E-state index < -0.39 is 0 Å². The second-order valence-electron chi connectivity index (χ2n) is 4.98. The van der Waals surface area contributed by atoms with E-state index in [0.717, 1.165) is 16.0 Å². The number of ketones is 1. The minimum atomic E-state index is -0.0462. The van der Waals surface area contributed by atoms with Crippen LogP contribution in [0.25, 0.3) is 6.08 Å². The standard InChI is InChI=1S/C18H16OS/c1-13-15(12-11-14-7-3-2-4-8-14)18(19)16-9-5-6-10-17(16)20-13/h2-13,15H,1H3/b12-11+. The summed E-state index contributed by atoms with van der Waals surface area (Å²) in [5.41, 5.74) is 2.00. The summed E-state index contributed by atoms with van der Waals surface area (Å²) in [6.45, 7) is 2.12. The normalized spacial score (nSPS) is 21.9. The van der Waals surface area contributed by atoms with Crippen LogP contribution in [-0.4, -0.2) is 11.0 Å². The molecule has 2 atom stereocenters. The Morgan fingerprint density at radius 2 is 1.70 bits per heavy atom. The summed E-state index contributed by atoms with van der Waals surface area (Å²) in [4.78, 5) is 13.7. The zero-order valence-corrected chi connectivity index (χ0v) is 12.1. The van der Waals surface area contributed by atoms with Gasteiger partial charge >= 0.3 is 0 Å². The molecule has 0 amide bonds. The van der Waals surface area contributed by atoms with Crippen LogP contribution in [0.2, 0.25) is 0 Å². The number of allylic oxidation sites excluding steroid dienone is 1. The van der Waals surface area contributed by atoms with Crippen molar-refractivity contribution in [3.63, 3.8) is 0 Å². The fourth-order valence-corrected chi connectivity index (χ4v) is 3.68. The van der Waals surface area contributed by atoms with Gasteiger partial charge in [-0.3, -0.25) is 4.79 Å². The van der Waals surface area contributed by atoms with Crippen molar-refractivity contribution in [3.8, 4) is 0 Å². The average molecular weight is 280 g/mol. The van der Waals surface area contributed by atoms with Gasteiger partial charge in [-0.2, -0.15) is 0 Å². The van der Waals surface area contributed by atoms with Crippen LogP contribution in [0.1, 0.15) is 22.8 Å². The predicted octanol–water partition coefficient (Wildman–Crippen LogP) is 4.69. The van der Waals surface area contributed by atoms with Gasteiger partial charge in [0.2, 0.25) is 0 Å². The van der Waals surface area contributed by atoms with Gasteiger partial charge in [-0.1, -0.05) is 67.6 Å². The molecular formula is C18H16OS. The van der Waals surface area contributed by atoms with Gasteiger partial charge in [0.25, 0.3) is 0 Å². The summed E-state index contributed by atoms with van der Waals surface area (Å²) in [5.74, 6) is 0.189.